The molecule has 1 aromatic heterocycles. The van der Waals surface area contributed by atoms with Crippen LogP contribution in [0.5, 0.6) is 0 Å². The highest BCUT2D eigenvalue weighted by atomic mass is 32.2. The van der Waals surface area contributed by atoms with Crippen LogP contribution in [0.3, 0.4) is 0 Å². The standard InChI is InChI=1S/C13H14FN3OS2/c14-8-1-3-9(4-2-8)20-7-12-16-13(18-17-12)10-5-19-6-11(10)15/h1-4,10-11H,5-7,15H2. The molecule has 2 aromatic rings. The molecule has 3 rings (SSSR count). The molecule has 0 radical (unpaired) electrons. The lowest BCUT2D eigenvalue weighted by Gasteiger charge is -2.07. The van der Waals surface area contributed by atoms with Crippen molar-refractivity contribution in [3.63, 3.8) is 0 Å². The zero-order valence-electron chi connectivity index (χ0n) is 10.7. The third kappa shape index (κ3) is 3.16. The van der Waals surface area contributed by atoms with Crippen LogP contribution in [0.25, 0.3) is 0 Å². The Labute approximate surface area is 124 Å². The van der Waals surface area contributed by atoms with Gasteiger partial charge in [-0.15, -0.1) is 11.8 Å². The number of aromatic nitrogens is 2. The smallest absolute Gasteiger partial charge is 0.232 e. The van der Waals surface area contributed by atoms with Crippen molar-refractivity contribution < 1.29 is 8.91 Å². The van der Waals surface area contributed by atoms with E-state index in [1.165, 1.54) is 12.1 Å². The molecule has 1 fully saturated rings. The van der Waals surface area contributed by atoms with Crippen LogP contribution in [0.4, 0.5) is 4.39 Å². The summed E-state index contributed by atoms with van der Waals surface area (Å²) in [6.07, 6.45) is 0. The second-order valence-electron chi connectivity index (χ2n) is 4.60. The van der Waals surface area contributed by atoms with Crippen molar-refractivity contribution in [2.45, 2.75) is 22.6 Å². The van der Waals surface area contributed by atoms with Crippen LogP contribution in [-0.2, 0) is 5.75 Å². The largest absolute Gasteiger partial charge is 0.339 e. The first kappa shape index (κ1) is 13.9. The van der Waals surface area contributed by atoms with Crippen LogP contribution in [0.15, 0.2) is 33.7 Å². The Hall–Kier alpha value is -1.05. The van der Waals surface area contributed by atoms with Crippen molar-refractivity contribution >= 4 is 23.5 Å². The van der Waals surface area contributed by atoms with Gasteiger partial charge >= 0.3 is 0 Å². The molecule has 1 aliphatic heterocycles. The summed E-state index contributed by atoms with van der Waals surface area (Å²) in [6.45, 7) is 0. The number of hydrogen-bond acceptors (Lipinski definition) is 6. The van der Waals surface area contributed by atoms with E-state index in [1.54, 1.807) is 23.9 Å². The van der Waals surface area contributed by atoms with Gasteiger partial charge in [-0.3, -0.25) is 0 Å². The van der Waals surface area contributed by atoms with E-state index in [9.17, 15) is 4.39 Å². The Bertz CT molecular complexity index is 575. The van der Waals surface area contributed by atoms with E-state index in [0.29, 0.717) is 17.5 Å². The molecule has 0 amide bonds. The maximum atomic E-state index is 12.8. The van der Waals surface area contributed by atoms with Gasteiger partial charge in [-0.05, 0) is 24.3 Å². The summed E-state index contributed by atoms with van der Waals surface area (Å²) in [5.74, 6) is 3.70. The third-order valence-electron chi connectivity index (χ3n) is 3.11. The maximum Gasteiger partial charge on any atom is 0.232 e. The van der Waals surface area contributed by atoms with Gasteiger partial charge in [0, 0.05) is 22.4 Å². The second kappa shape index (κ2) is 6.15. The molecule has 20 heavy (non-hydrogen) atoms. The first-order valence-electron chi connectivity index (χ1n) is 6.26. The van der Waals surface area contributed by atoms with Crippen molar-refractivity contribution in [1.29, 1.82) is 0 Å². The Morgan fingerprint density at radius 2 is 2.15 bits per heavy atom. The molecule has 1 aliphatic rings. The fourth-order valence-corrected chi connectivity index (χ4v) is 4.01. The van der Waals surface area contributed by atoms with Crippen molar-refractivity contribution in [3.05, 3.63) is 41.8 Å². The van der Waals surface area contributed by atoms with Gasteiger partial charge in [-0.2, -0.15) is 16.7 Å². The highest BCUT2D eigenvalue weighted by Gasteiger charge is 2.30. The number of thioether (sulfide) groups is 2. The first-order valence-corrected chi connectivity index (χ1v) is 8.40. The Morgan fingerprint density at radius 1 is 1.35 bits per heavy atom. The van der Waals surface area contributed by atoms with E-state index in [-0.39, 0.29) is 17.8 Å². The Kier molecular flexibility index (Phi) is 4.28. The van der Waals surface area contributed by atoms with Crippen molar-refractivity contribution in [3.8, 4) is 0 Å². The monoisotopic (exact) mass is 311 g/mol. The zero-order chi connectivity index (χ0) is 13.9. The molecule has 0 aliphatic carbocycles. The zero-order valence-corrected chi connectivity index (χ0v) is 12.3. The normalized spacial score (nSPS) is 22.3. The van der Waals surface area contributed by atoms with Crippen molar-refractivity contribution in [2.24, 2.45) is 5.73 Å². The lowest BCUT2D eigenvalue weighted by molar-refractivity contribution is 0.349. The summed E-state index contributed by atoms with van der Waals surface area (Å²) < 4.78 is 18.1. The SMILES string of the molecule is NC1CSCC1c1nc(CSc2ccc(F)cc2)no1. The van der Waals surface area contributed by atoms with E-state index >= 15 is 0 Å². The van der Waals surface area contributed by atoms with E-state index in [1.807, 2.05) is 11.8 Å². The summed E-state index contributed by atoms with van der Waals surface area (Å²) in [5, 5.41) is 3.98. The van der Waals surface area contributed by atoms with Crippen LogP contribution in [0, 0.1) is 5.82 Å². The molecule has 1 saturated heterocycles. The number of rotatable bonds is 4. The molecule has 0 bridgehead atoms. The lowest BCUT2D eigenvalue weighted by Crippen LogP contribution is -2.26. The fraction of sp³-hybridized carbons (Fsp3) is 0.385. The van der Waals surface area contributed by atoms with E-state index in [4.69, 9.17) is 10.3 Å². The van der Waals surface area contributed by atoms with Gasteiger partial charge in [0.25, 0.3) is 0 Å². The van der Waals surface area contributed by atoms with Gasteiger partial charge in [-0.1, -0.05) is 5.16 Å². The average molecular weight is 311 g/mol. The van der Waals surface area contributed by atoms with Gasteiger partial charge in [0.15, 0.2) is 5.82 Å². The van der Waals surface area contributed by atoms with Crippen LogP contribution in [0.1, 0.15) is 17.6 Å². The van der Waals surface area contributed by atoms with E-state index in [2.05, 4.69) is 10.1 Å². The molecule has 2 heterocycles. The van der Waals surface area contributed by atoms with Crippen LogP contribution < -0.4 is 5.73 Å². The highest BCUT2D eigenvalue weighted by Crippen LogP contribution is 2.31. The van der Waals surface area contributed by atoms with E-state index in [0.717, 1.165) is 16.4 Å². The summed E-state index contributed by atoms with van der Waals surface area (Å²) >= 11 is 3.36. The minimum absolute atomic E-state index is 0.0954. The second-order valence-corrected chi connectivity index (χ2v) is 6.72. The minimum atomic E-state index is -0.232. The molecule has 2 unspecified atom stereocenters. The molecule has 2 atom stereocenters. The van der Waals surface area contributed by atoms with Gasteiger partial charge in [-0.25, -0.2) is 4.39 Å². The maximum absolute atomic E-state index is 12.8. The molecular weight excluding hydrogens is 297 g/mol. The molecule has 1 aromatic carbocycles. The van der Waals surface area contributed by atoms with Crippen molar-refractivity contribution in [1.82, 2.24) is 10.1 Å². The molecular formula is C13H14FN3OS2. The average Bonchev–Trinajstić information content (AvgIpc) is 3.06. The molecule has 7 heteroatoms. The molecule has 106 valence electrons. The number of nitrogens with zero attached hydrogens (tertiary/aromatic N) is 2. The summed E-state index contributed by atoms with van der Waals surface area (Å²) in [6, 6.07) is 6.46. The summed E-state index contributed by atoms with van der Waals surface area (Å²) in [4.78, 5) is 5.39. The highest BCUT2D eigenvalue weighted by molar-refractivity contribution is 7.99. The fourth-order valence-electron chi connectivity index (χ4n) is 1.98. The number of benzene rings is 1. The predicted octanol–water partition coefficient (Wildman–Crippen LogP) is 2.66. The molecule has 0 saturated carbocycles. The summed E-state index contributed by atoms with van der Waals surface area (Å²) in [5.41, 5.74) is 6.01. The molecule has 0 spiro atoms. The minimum Gasteiger partial charge on any atom is -0.339 e. The quantitative estimate of drug-likeness (QED) is 0.876. The van der Waals surface area contributed by atoms with E-state index < -0.39 is 0 Å². The Balaban J connectivity index is 1.61. The lowest BCUT2D eigenvalue weighted by atomic mass is 10.1. The first-order chi connectivity index (χ1) is 9.72. The van der Waals surface area contributed by atoms with Crippen LogP contribution in [-0.4, -0.2) is 27.7 Å². The molecule has 4 nitrogen and oxygen atoms in total. The van der Waals surface area contributed by atoms with Crippen molar-refractivity contribution in [2.75, 3.05) is 11.5 Å². The predicted molar refractivity (Wildman–Crippen MR) is 78.3 cm³/mol. The van der Waals surface area contributed by atoms with Gasteiger partial charge in [0.1, 0.15) is 5.82 Å². The van der Waals surface area contributed by atoms with Gasteiger partial charge in [0.05, 0.1) is 11.7 Å². The topological polar surface area (TPSA) is 64.9 Å². The molecule has 2 N–H and O–H groups in total. The van der Waals surface area contributed by atoms with Gasteiger partial charge < -0.3 is 10.3 Å². The third-order valence-corrected chi connectivity index (χ3v) is 5.33. The van der Waals surface area contributed by atoms with Gasteiger partial charge in [0.2, 0.25) is 5.89 Å². The van der Waals surface area contributed by atoms with Crippen LogP contribution >= 0.6 is 23.5 Å². The Morgan fingerprint density at radius 3 is 2.85 bits per heavy atom. The summed E-state index contributed by atoms with van der Waals surface area (Å²) in [7, 11) is 0. The number of nitrogens with two attached hydrogens (primary N) is 1. The number of hydrogen-bond donors (Lipinski definition) is 1. The number of halogens is 1. The van der Waals surface area contributed by atoms with Crippen LogP contribution in [0.2, 0.25) is 0 Å².